The number of nitrogens with zero attached hydrogens (tertiary/aromatic N) is 2. The van der Waals surface area contributed by atoms with E-state index in [1.165, 1.54) is 18.2 Å². The number of carbonyl (C=O) groups excluding carboxylic acids is 2. The van der Waals surface area contributed by atoms with Crippen LogP contribution in [0.5, 0.6) is 11.5 Å². The smallest absolute Gasteiger partial charge is 0.245 e. The van der Waals surface area contributed by atoms with E-state index in [9.17, 15) is 12.3 Å². The summed E-state index contributed by atoms with van der Waals surface area (Å²) >= 11 is 0. The van der Waals surface area contributed by atoms with Gasteiger partial charge in [-0.05, 0) is 29.3 Å². The highest BCUT2D eigenvalue weighted by atomic mass is 16.7. The Labute approximate surface area is 182 Å². The van der Waals surface area contributed by atoms with E-state index in [4.69, 9.17) is 21.8 Å². The molecule has 0 radical (unpaired) electrons. The van der Waals surface area contributed by atoms with Crippen molar-refractivity contribution in [2.24, 2.45) is 0 Å². The van der Waals surface area contributed by atoms with E-state index >= 15 is 0 Å². The average molecular weight is 400 g/mol. The Bertz CT molecular complexity index is 1670. The number of para-hydroxylation sites is 1. The van der Waals surface area contributed by atoms with Gasteiger partial charge in [0.2, 0.25) is 18.6 Å². The van der Waals surface area contributed by atoms with Crippen molar-refractivity contribution in [3.63, 3.8) is 0 Å². The van der Waals surface area contributed by atoms with Gasteiger partial charge >= 0.3 is 0 Å². The van der Waals surface area contributed by atoms with Gasteiger partial charge in [-0.25, -0.2) is 0 Å². The topological polar surface area (TPSA) is 74.9 Å². The van der Waals surface area contributed by atoms with Crippen LogP contribution in [0, 0.1) is 0 Å². The number of likely N-dealkylation sites (N-methyl/N-ethyl adjacent to an activating group) is 1. The van der Waals surface area contributed by atoms with Crippen LogP contribution in [0.1, 0.15) is 37.9 Å². The second kappa shape index (κ2) is 5.76. The summed E-state index contributed by atoms with van der Waals surface area (Å²) in [4.78, 5) is 31.0. The zero-order valence-electron chi connectivity index (χ0n) is 25.7. The lowest BCUT2D eigenvalue weighted by Crippen LogP contribution is -2.62. The van der Waals surface area contributed by atoms with Gasteiger partial charge in [0, 0.05) is 34.1 Å². The van der Waals surface area contributed by atoms with Gasteiger partial charge in [-0.3, -0.25) is 9.59 Å². The molecule has 7 heteroatoms. The summed E-state index contributed by atoms with van der Waals surface area (Å²) in [6, 6.07) is -3.59. The molecule has 1 N–H and O–H groups in total. The SMILES string of the molecule is [2H]c1c([2H])c([2H])c2c3c([nH]c2c1[2H])[C@@]([2H])(c1ccc2c(c1)OC([2H])([2H])O2)N1C(=O)CN(C([2H])([2H])[2H])C(=O)[C@@]1([2H])C3. The summed E-state index contributed by atoms with van der Waals surface area (Å²) in [7, 11) is 0. The van der Waals surface area contributed by atoms with Gasteiger partial charge in [0.15, 0.2) is 11.5 Å². The maximum Gasteiger partial charge on any atom is 0.245 e. The molecule has 0 aliphatic carbocycles. The summed E-state index contributed by atoms with van der Waals surface area (Å²) < 4.78 is 101. The van der Waals surface area contributed by atoms with Crippen LogP contribution in [0.25, 0.3) is 10.9 Å². The molecule has 2 atom stereocenters. The standard InChI is InChI=1S/C22H19N3O4/c1-24-10-19(26)25-16(22(24)27)9-14-13-4-2-3-5-15(13)23-20(14)21(25)12-6-7-17-18(8-12)29-11-28-17/h2-8,16,21,23H,9-11H2,1H3/t16-,21-/m1/s1/i1D3,2D,3D,4D,5D,11D2,16D,21D. The Morgan fingerprint density at radius 2 is 2.14 bits per heavy atom. The van der Waals surface area contributed by atoms with Gasteiger partial charge in [-0.1, -0.05) is 24.2 Å². The van der Waals surface area contributed by atoms with Crippen LogP contribution < -0.4 is 9.47 Å². The Balaban J connectivity index is 1.69. The van der Waals surface area contributed by atoms with E-state index < -0.39 is 74.7 Å². The normalized spacial score (nSPS) is 35.5. The largest absolute Gasteiger partial charge is 0.454 e. The molecule has 0 spiro atoms. The molecule has 6 rings (SSSR count). The maximum atomic E-state index is 13.7. The number of aromatic amines is 1. The second-order valence-electron chi connectivity index (χ2n) is 6.77. The summed E-state index contributed by atoms with van der Waals surface area (Å²) in [6.07, 6.45) is -0.671. The first-order valence-electron chi connectivity index (χ1n) is 14.2. The minimum absolute atomic E-state index is 0.0172. The predicted molar refractivity (Wildman–Crippen MR) is 105 cm³/mol. The summed E-state index contributed by atoms with van der Waals surface area (Å²) in [5.74, 6) is -2.49. The quantitative estimate of drug-likeness (QED) is 0.680. The summed E-state index contributed by atoms with van der Waals surface area (Å²) in [5, 5.41) is -0.104. The van der Waals surface area contributed by atoms with Gasteiger partial charge in [-0.15, -0.1) is 0 Å². The number of hydrogen-bond acceptors (Lipinski definition) is 4. The molecule has 146 valence electrons. The molecule has 0 bridgehead atoms. The van der Waals surface area contributed by atoms with E-state index in [1.54, 1.807) is 0 Å². The van der Waals surface area contributed by atoms with Crippen LogP contribution in [0.3, 0.4) is 0 Å². The molecule has 29 heavy (non-hydrogen) atoms. The number of fused-ring (bicyclic) bond motifs is 5. The Hall–Kier alpha value is -3.48. The van der Waals surface area contributed by atoms with Crippen molar-refractivity contribution in [2.45, 2.75) is 18.5 Å². The third kappa shape index (κ3) is 2.24. The van der Waals surface area contributed by atoms with Crippen molar-refractivity contribution in [1.29, 1.82) is 0 Å². The van der Waals surface area contributed by atoms with Crippen molar-refractivity contribution in [1.82, 2.24) is 14.8 Å². The lowest BCUT2D eigenvalue weighted by molar-refractivity contribution is -0.157. The second-order valence-corrected chi connectivity index (χ2v) is 6.77. The Kier molecular flexibility index (Phi) is 1.77. The lowest BCUT2D eigenvalue weighted by Gasteiger charge is -2.46. The number of aromatic nitrogens is 1. The van der Waals surface area contributed by atoms with Crippen molar-refractivity contribution >= 4 is 22.7 Å². The van der Waals surface area contributed by atoms with Crippen LogP contribution in [0.15, 0.2) is 42.4 Å². The van der Waals surface area contributed by atoms with Crippen molar-refractivity contribution in [3.05, 3.63) is 59.2 Å². The highest BCUT2D eigenvalue weighted by Crippen LogP contribution is 2.44. The number of hydrogen-bond donors (Lipinski definition) is 1. The molecule has 0 saturated carbocycles. The fourth-order valence-corrected chi connectivity index (χ4v) is 3.91. The molecule has 2 aromatic carbocycles. The molecular weight excluding hydrogens is 370 g/mol. The van der Waals surface area contributed by atoms with Crippen LogP contribution in [-0.2, 0) is 16.0 Å². The van der Waals surface area contributed by atoms with Crippen molar-refractivity contribution < 1.29 is 34.1 Å². The molecule has 2 amide bonds. The van der Waals surface area contributed by atoms with Crippen molar-refractivity contribution in [3.8, 4) is 11.5 Å². The van der Waals surface area contributed by atoms with Gasteiger partial charge in [-0.2, -0.15) is 0 Å². The molecule has 0 unspecified atom stereocenters. The van der Waals surface area contributed by atoms with Gasteiger partial charge < -0.3 is 24.3 Å². The Morgan fingerprint density at radius 3 is 3.03 bits per heavy atom. The Morgan fingerprint density at radius 1 is 1.28 bits per heavy atom. The molecule has 3 aliphatic rings. The van der Waals surface area contributed by atoms with E-state index in [0.717, 1.165) is 0 Å². The van der Waals surface area contributed by atoms with Crippen molar-refractivity contribution in [2.75, 3.05) is 20.3 Å². The van der Waals surface area contributed by atoms with E-state index in [1.807, 2.05) is 0 Å². The number of nitrogens with one attached hydrogen (secondary N) is 1. The molecule has 1 aromatic heterocycles. The third-order valence-electron chi connectivity index (χ3n) is 5.17. The maximum absolute atomic E-state index is 13.7. The third-order valence-corrected chi connectivity index (χ3v) is 5.17. The molecule has 7 nitrogen and oxygen atoms in total. The minimum Gasteiger partial charge on any atom is -0.454 e. The number of amides is 2. The predicted octanol–water partition coefficient (Wildman–Crippen LogP) is 2.21. The number of H-pyrrole nitrogens is 1. The van der Waals surface area contributed by atoms with Crippen LogP contribution in [-0.4, -0.2) is 52.9 Å². The average Bonchev–Trinajstić information content (AvgIpc) is 3.38. The fourth-order valence-electron chi connectivity index (χ4n) is 3.91. The first-order valence-corrected chi connectivity index (χ1v) is 8.71. The zero-order valence-corrected chi connectivity index (χ0v) is 14.7. The summed E-state index contributed by atoms with van der Waals surface area (Å²) in [5.41, 5.74) is -0.399. The number of piperazine rings is 1. The first-order chi connectivity index (χ1) is 18.4. The lowest BCUT2D eigenvalue weighted by atomic mass is 9.86. The molecule has 3 aliphatic heterocycles. The first kappa shape index (κ1) is 8.90. The van der Waals surface area contributed by atoms with E-state index in [-0.39, 0.29) is 44.1 Å². The minimum atomic E-state index is -3.08. The molecule has 1 saturated heterocycles. The van der Waals surface area contributed by atoms with Crippen LogP contribution in [0.2, 0.25) is 0 Å². The molecular formula is C22H19N3O4. The van der Waals surface area contributed by atoms with Gasteiger partial charge in [0.05, 0.1) is 20.8 Å². The number of ether oxygens (including phenoxy) is 2. The van der Waals surface area contributed by atoms with E-state index in [2.05, 4.69) is 4.98 Å². The number of benzene rings is 2. The highest BCUT2D eigenvalue weighted by Gasteiger charge is 2.47. The molecule has 1 fully saturated rings. The molecule has 4 heterocycles. The van der Waals surface area contributed by atoms with E-state index in [0.29, 0.717) is 4.90 Å². The number of rotatable bonds is 1. The van der Waals surface area contributed by atoms with Gasteiger partial charge in [0.1, 0.15) is 8.76 Å². The van der Waals surface area contributed by atoms with Crippen LogP contribution >= 0.6 is 0 Å². The fraction of sp³-hybridized carbons (Fsp3) is 0.273. The zero-order chi connectivity index (χ0) is 29.3. The van der Waals surface area contributed by atoms with Crippen LogP contribution in [0.4, 0.5) is 0 Å². The number of carbonyl (C=O) groups is 2. The molecule has 3 aromatic rings. The monoisotopic (exact) mass is 400 g/mol. The summed E-state index contributed by atoms with van der Waals surface area (Å²) in [6.45, 7) is -6.56. The van der Waals surface area contributed by atoms with Gasteiger partial charge in [0.25, 0.3) is 0 Å². The highest BCUT2D eigenvalue weighted by molar-refractivity contribution is 5.97.